The summed E-state index contributed by atoms with van der Waals surface area (Å²) in [6, 6.07) is 10.8. The van der Waals surface area contributed by atoms with E-state index in [1.54, 1.807) is 0 Å². The van der Waals surface area contributed by atoms with Crippen LogP contribution in [0.4, 0.5) is 0 Å². The van der Waals surface area contributed by atoms with Crippen molar-refractivity contribution in [2.75, 3.05) is 46.4 Å². The number of carbonyl (C=O) groups excluding carboxylic acids is 1. The highest BCUT2D eigenvalue weighted by molar-refractivity contribution is 14.0. The van der Waals surface area contributed by atoms with Crippen LogP contribution < -0.4 is 5.32 Å². The molecule has 7 heteroatoms. The Kier molecular flexibility index (Phi) is 7.20. The van der Waals surface area contributed by atoms with Gasteiger partial charge < -0.3 is 19.9 Å². The van der Waals surface area contributed by atoms with Crippen LogP contribution in [0.2, 0.25) is 0 Å². The molecule has 3 fully saturated rings. The average molecular weight is 498 g/mol. The van der Waals surface area contributed by atoms with E-state index in [1.807, 2.05) is 11.9 Å². The first-order valence-electron chi connectivity index (χ1n) is 10.1. The number of benzene rings is 1. The van der Waals surface area contributed by atoms with E-state index in [4.69, 9.17) is 4.74 Å². The van der Waals surface area contributed by atoms with E-state index < -0.39 is 0 Å². The quantitative estimate of drug-likeness (QED) is 0.393. The molecule has 1 aromatic carbocycles. The highest BCUT2D eigenvalue weighted by atomic mass is 127. The van der Waals surface area contributed by atoms with Crippen molar-refractivity contribution < 1.29 is 9.53 Å². The topological polar surface area (TPSA) is 57.2 Å². The van der Waals surface area contributed by atoms with Crippen molar-refractivity contribution in [2.45, 2.75) is 37.2 Å². The highest BCUT2D eigenvalue weighted by Gasteiger charge is 2.44. The van der Waals surface area contributed by atoms with Gasteiger partial charge in [-0.15, -0.1) is 24.0 Å². The number of piperazine rings is 1. The summed E-state index contributed by atoms with van der Waals surface area (Å²) in [7, 11) is 1.84. The molecule has 28 heavy (non-hydrogen) atoms. The molecule has 154 valence electrons. The van der Waals surface area contributed by atoms with Crippen LogP contribution in [-0.4, -0.2) is 74.1 Å². The molecule has 1 N–H and O–H groups in total. The summed E-state index contributed by atoms with van der Waals surface area (Å²) in [5, 5.41) is 3.59. The molecule has 0 bridgehead atoms. The third-order valence-corrected chi connectivity index (χ3v) is 6.13. The van der Waals surface area contributed by atoms with Crippen molar-refractivity contribution in [3.05, 3.63) is 35.9 Å². The summed E-state index contributed by atoms with van der Waals surface area (Å²) in [4.78, 5) is 21.2. The number of guanidine groups is 1. The second kappa shape index (κ2) is 9.43. The predicted molar refractivity (Wildman–Crippen MR) is 121 cm³/mol. The number of carbonyl (C=O) groups is 1. The Morgan fingerprint density at radius 3 is 2.43 bits per heavy atom. The summed E-state index contributed by atoms with van der Waals surface area (Å²) >= 11 is 0. The Hall–Kier alpha value is -1.35. The number of ether oxygens (including phenoxy) is 1. The molecular formula is C21H31IN4O2. The lowest BCUT2D eigenvalue weighted by Gasteiger charge is -2.37. The molecule has 1 amide bonds. The lowest BCUT2D eigenvalue weighted by molar-refractivity contribution is -0.142. The van der Waals surface area contributed by atoms with Gasteiger partial charge in [-0.2, -0.15) is 0 Å². The molecule has 2 saturated heterocycles. The molecule has 6 nitrogen and oxygen atoms in total. The standard InChI is InChI=1S/C21H30N4O2.HI/c1-22-20(23-16-21(9-10-21)17-6-3-2-4-7-17)25-13-11-24(12-14-25)19(26)18-8-5-15-27-18;/h2-4,6-7,18H,5,8-16H2,1H3,(H,22,23);1H. The second-order valence-electron chi connectivity index (χ2n) is 7.86. The van der Waals surface area contributed by atoms with Gasteiger partial charge in [-0.1, -0.05) is 30.3 Å². The molecule has 1 atom stereocenters. The minimum absolute atomic E-state index is 0. The van der Waals surface area contributed by atoms with Gasteiger partial charge >= 0.3 is 0 Å². The summed E-state index contributed by atoms with van der Waals surface area (Å²) in [5.74, 6) is 1.11. The van der Waals surface area contributed by atoms with E-state index in [-0.39, 0.29) is 41.4 Å². The van der Waals surface area contributed by atoms with Gasteiger partial charge in [-0.25, -0.2) is 0 Å². The molecule has 0 radical (unpaired) electrons. The molecule has 3 aliphatic rings. The lowest BCUT2D eigenvalue weighted by Crippen LogP contribution is -2.55. The van der Waals surface area contributed by atoms with Crippen molar-refractivity contribution in [3.8, 4) is 0 Å². The monoisotopic (exact) mass is 498 g/mol. The molecule has 0 aromatic heterocycles. The molecule has 1 unspecified atom stereocenters. The van der Waals surface area contributed by atoms with Gasteiger partial charge in [0, 0.05) is 51.8 Å². The van der Waals surface area contributed by atoms with Crippen molar-refractivity contribution in [3.63, 3.8) is 0 Å². The van der Waals surface area contributed by atoms with Crippen LogP contribution in [0.5, 0.6) is 0 Å². The van der Waals surface area contributed by atoms with Crippen molar-refractivity contribution in [2.24, 2.45) is 4.99 Å². The molecule has 2 heterocycles. The van der Waals surface area contributed by atoms with Crippen LogP contribution in [0.1, 0.15) is 31.2 Å². The van der Waals surface area contributed by atoms with E-state index in [0.717, 1.165) is 58.1 Å². The number of amides is 1. The van der Waals surface area contributed by atoms with E-state index in [2.05, 4.69) is 45.5 Å². The van der Waals surface area contributed by atoms with Crippen LogP contribution >= 0.6 is 24.0 Å². The molecular weight excluding hydrogens is 467 g/mol. The average Bonchev–Trinajstić information content (AvgIpc) is 3.32. The Morgan fingerprint density at radius 1 is 1.18 bits per heavy atom. The number of aliphatic imine (C=N–C) groups is 1. The lowest BCUT2D eigenvalue weighted by atomic mass is 9.96. The first-order valence-corrected chi connectivity index (χ1v) is 10.1. The fourth-order valence-electron chi connectivity index (χ4n) is 4.21. The fraction of sp³-hybridized carbons (Fsp3) is 0.619. The Bertz CT molecular complexity index is 679. The molecule has 1 aliphatic carbocycles. The first-order chi connectivity index (χ1) is 13.2. The van der Waals surface area contributed by atoms with Crippen molar-refractivity contribution >= 4 is 35.8 Å². The number of hydrogen-bond donors (Lipinski definition) is 1. The normalized spacial score (nSPS) is 23.9. The zero-order valence-corrected chi connectivity index (χ0v) is 18.9. The van der Waals surface area contributed by atoms with Crippen LogP contribution in [0.25, 0.3) is 0 Å². The summed E-state index contributed by atoms with van der Waals surface area (Å²) in [6.45, 7) is 4.74. The van der Waals surface area contributed by atoms with E-state index in [9.17, 15) is 4.79 Å². The maximum atomic E-state index is 12.5. The summed E-state index contributed by atoms with van der Waals surface area (Å²) < 4.78 is 5.55. The third-order valence-electron chi connectivity index (χ3n) is 6.13. The maximum Gasteiger partial charge on any atom is 0.251 e. The van der Waals surface area contributed by atoms with Gasteiger partial charge in [0.1, 0.15) is 6.10 Å². The number of nitrogens with zero attached hydrogens (tertiary/aromatic N) is 3. The number of nitrogens with one attached hydrogen (secondary N) is 1. The van der Waals surface area contributed by atoms with Gasteiger partial charge in [0.2, 0.25) is 0 Å². The minimum atomic E-state index is -0.213. The smallest absolute Gasteiger partial charge is 0.251 e. The zero-order valence-electron chi connectivity index (χ0n) is 16.6. The molecule has 1 saturated carbocycles. The van der Waals surface area contributed by atoms with Crippen molar-refractivity contribution in [1.29, 1.82) is 0 Å². The number of rotatable bonds is 4. The van der Waals surface area contributed by atoms with Crippen LogP contribution in [0.15, 0.2) is 35.3 Å². The molecule has 1 aromatic rings. The SMILES string of the molecule is CN=C(NCC1(c2ccccc2)CC1)N1CCN(C(=O)C2CCCO2)CC1.I. The van der Waals surface area contributed by atoms with Crippen LogP contribution in [-0.2, 0) is 14.9 Å². The Morgan fingerprint density at radius 2 is 1.86 bits per heavy atom. The van der Waals surface area contributed by atoms with Gasteiger partial charge in [-0.3, -0.25) is 9.79 Å². The second-order valence-corrected chi connectivity index (χ2v) is 7.86. The Balaban J connectivity index is 0.00000225. The van der Waals surface area contributed by atoms with E-state index in [1.165, 1.54) is 18.4 Å². The largest absolute Gasteiger partial charge is 0.368 e. The number of halogens is 1. The Labute approximate surface area is 184 Å². The zero-order chi connectivity index (χ0) is 18.7. The van der Waals surface area contributed by atoms with E-state index in [0.29, 0.717) is 0 Å². The highest BCUT2D eigenvalue weighted by Crippen LogP contribution is 2.47. The predicted octanol–water partition coefficient (Wildman–Crippen LogP) is 2.23. The van der Waals surface area contributed by atoms with Gasteiger partial charge in [0.15, 0.2) is 5.96 Å². The molecule has 4 rings (SSSR count). The van der Waals surface area contributed by atoms with Crippen molar-refractivity contribution in [1.82, 2.24) is 15.1 Å². The van der Waals surface area contributed by atoms with Gasteiger partial charge in [0.05, 0.1) is 0 Å². The number of hydrogen-bond acceptors (Lipinski definition) is 3. The third kappa shape index (κ3) is 4.62. The molecule has 0 spiro atoms. The van der Waals surface area contributed by atoms with E-state index >= 15 is 0 Å². The van der Waals surface area contributed by atoms with Gasteiger partial charge in [-0.05, 0) is 31.2 Å². The summed E-state index contributed by atoms with van der Waals surface area (Å²) in [6.07, 6.45) is 4.10. The first kappa shape index (κ1) is 21.4. The van der Waals surface area contributed by atoms with Gasteiger partial charge in [0.25, 0.3) is 5.91 Å². The minimum Gasteiger partial charge on any atom is -0.368 e. The van der Waals surface area contributed by atoms with Crippen LogP contribution in [0.3, 0.4) is 0 Å². The van der Waals surface area contributed by atoms with Crippen LogP contribution in [0, 0.1) is 0 Å². The summed E-state index contributed by atoms with van der Waals surface area (Å²) in [5.41, 5.74) is 1.68. The maximum absolute atomic E-state index is 12.5. The fourth-order valence-corrected chi connectivity index (χ4v) is 4.21. The molecule has 2 aliphatic heterocycles.